The van der Waals surface area contributed by atoms with Crippen LogP contribution in [0.25, 0.3) is 0 Å². The zero-order valence-electron chi connectivity index (χ0n) is 22.2. The summed E-state index contributed by atoms with van der Waals surface area (Å²) in [4.78, 5) is 12.5. The average molecular weight is 515 g/mol. The Kier molecular flexibility index (Phi) is 12.6. The largest absolute Gasteiger partial charge is 0.507 e. The third-order valence-electron chi connectivity index (χ3n) is 6.10. The van der Waals surface area contributed by atoms with Crippen LogP contribution in [-0.4, -0.2) is 30.1 Å². The molecule has 0 fully saturated rings. The van der Waals surface area contributed by atoms with Crippen molar-refractivity contribution in [3.63, 3.8) is 0 Å². The number of benzene rings is 3. The molecule has 6 nitrogen and oxygen atoms in total. The summed E-state index contributed by atoms with van der Waals surface area (Å²) in [6.45, 7) is 2.94. The summed E-state index contributed by atoms with van der Waals surface area (Å²) < 4.78 is 11.3. The fourth-order valence-corrected chi connectivity index (χ4v) is 3.87. The summed E-state index contributed by atoms with van der Waals surface area (Å²) >= 11 is 0. The molecule has 0 aliphatic rings. The van der Waals surface area contributed by atoms with E-state index in [9.17, 15) is 9.90 Å². The Hall–Kier alpha value is -3.93. The fourth-order valence-electron chi connectivity index (χ4n) is 3.87. The number of hydrogen-bond donors (Lipinski definition) is 1. The number of hydrogen-bond acceptors (Lipinski definition) is 6. The van der Waals surface area contributed by atoms with Gasteiger partial charge in [-0.05, 0) is 72.6 Å². The van der Waals surface area contributed by atoms with E-state index < -0.39 is 5.97 Å². The van der Waals surface area contributed by atoms with Gasteiger partial charge in [0.05, 0.1) is 24.6 Å². The summed E-state index contributed by atoms with van der Waals surface area (Å²) in [5.41, 5.74) is 1.85. The number of rotatable bonds is 16. The topological polar surface area (TPSA) is 80.5 Å². The van der Waals surface area contributed by atoms with Gasteiger partial charge in [-0.3, -0.25) is 0 Å². The number of ether oxygens (including phenoxy) is 2. The number of phenolic OH excluding ortho intramolecular Hbond substituents is 1. The molecule has 3 aromatic carbocycles. The minimum absolute atomic E-state index is 0.147. The summed E-state index contributed by atoms with van der Waals surface area (Å²) in [7, 11) is 0. The normalized spacial score (nSPS) is 11.3. The first kappa shape index (κ1) is 28.6. The monoisotopic (exact) mass is 514 g/mol. The highest BCUT2D eigenvalue weighted by atomic mass is 16.5. The molecule has 3 aromatic rings. The van der Waals surface area contributed by atoms with Gasteiger partial charge in [-0.2, -0.15) is 10.2 Å². The van der Waals surface area contributed by atoms with Crippen LogP contribution in [0.5, 0.6) is 17.2 Å². The number of phenols is 1. The van der Waals surface area contributed by atoms with Crippen molar-refractivity contribution in [1.82, 2.24) is 0 Å². The molecule has 0 aliphatic heterocycles. The van der Waals surface area contributed by atoms with Crippen LogP contribution in [0.15, 0.2) is 83.0 Å². The summed E-state index contributed by atoms with van der Waals surface area (Å²) in [5, 5.41) is 17.7. The molecule has 6 heteroatoms. The number of esters is 1. The van der Waals surface area contributed by atoms with Gasteiger partial charge in [0.2, 0.25) is 0 Å². The Morgan fingerprint density at radius 1 is 0.737 bits per heavy atom. The van der Waals surface area contributed by atoms with Crippen molar-refractivity contribution in [3.05, 3.63) is 89.5 Å². The molecule has 0 aromatic heterocycles. The van der Waals surface area contributed by atoms with Crippen molar-refractivity contribution >= 4 is 18.4 Å². The molecule has 0 spiro atoms. The maximum Gasteiger partial charge on any atom is 0.343 e. The number of aromatic hydroxyl groups is 1. The molecule has 0 unspecified atom stereocenters. The Labute approximate surface area is 226 Å². The Morgan fingerprint density at radius 3 is 2.03 bits per heavy atom. The van der Waals surface area contributed by atoms with E-state index in [1.807, 2.05) is 6.07 Å². The van der Waals surface area contributed by atoms with Crippen LogP contribution in [-0.2, 0) is 0 Å². The number of carbonyl (C=O) groups excluding carboxylic acids is 1. The lowest BCUT2D eigenvalue weighted by molar-refractivity contribution is 0.0734. The van der Waals surface area contributed by atoms with Crippen molar-refractivity contribution in [1.29, 1.82) is 0 Å². The summed E-state index contributed by atoms with van der Waals surface area (Å²) in [6.07, 6.45) is 14.6. The minimum atomic E-state index is -0.427. The van der Waals surface area contributed by atoms with Crippen molar-refractivity contribution in [2.75, 3.05) is 6.61 Å². The molecular weight excluding hydrogens is 476 g/mol. The van der Waals surface area contributed by atoms with Crippen molar-refractivity contribution < 1.29 is 19.4 Å². The van der Waals surface area contributed by atoms with E-state index in [0.717, 1.165) is 17.7 Å². The molecule has 1 N–H and O–H groups in total. The van der Waals surface area contributed by atoms with Gasteiger partial charge >= 0.3 is 5.97 Å². The van der Waals surface area contributed by atoms with E-state index in [-0.39, 0.29) is 5.75 Å². The predicted octanol–water partition coefficient (Wildman–Crippen LogP) is 7.97. The molecule has 3 rings (SSSR count). The molecule has 38 heavy (non-hydrogen) atoms. The van der Waals surface area contributed by atoms with Gasteiger partial charge < -0.3 is 14.6 Å². The van der Waals surface area contributed by atoms with E-state index in [2.05, 4.69) is 17.1 Å². The van der Waals surface area contributed by atoms with Crippen LogP contribution in [0.4, 0.5) is 0 Å². The first-order valence-electron chi connectivity index (χ1n) is 13.5. The molecule has 0 radical (unpaired) electrons. The van der Waals surface area contributed by atoms with Crippen molar-refractivity contribution in [2.45, 2.75) is 64.7 Å². The first-order valence-corrected chi connectivity index (χ1v) is 13.5. The molecule has 0 saturated carbocycles. The number of para-hydroxylation sites is 1. The Bertz CT molecular complexity index is 1150. The lowest BCUT2D eigenvalue weighted by atomic mass is 10.1. The van der Waals surface area contributed by atoms with Gasteiger partial charge in [0.15, 0.2) is 0 Å². The van der Waals surface area contributed by atoms with Crippen molar-refractivity contribution in [2.24, 2.45) is 10.2 Å². The maximum absolute atomic E-state index is 12.5. The SMILES string of the molecule is CCCCCCCCCCCOc1ccc(C(=O)Oc2ccc(/C=N/N=C/c3ccccc3O)cc2)cc1. The highest BCUT2D eigenvalue weighted by Gasteiger charge is 2.09. The van der Waals surface area contributed by atoms with Crippen LogP contribution in [0.2, 0.25) is 0 Å². The van der Waals surface area contributed by atoms with E-state index in [0.29, 0.717) is 23.5 Å². The Balaban J connectivity index is 1.35. The lowest BCUT2D eigenvalue weighted by Crippen LogP contribution is -2.08. The van der Waals surface area contributed by atoms with Gasteiger partial charge in [0.25, 0.3) is 0 Å². The average Bonchev–Trinajstić information content (AvgIpc) is 2.94. The second-order valence-corrected chi connectivity index (χ2v) is 9.21. The van der Waals surface area contributed by atoms with Gasteiger partial charge in [-0.15, -0.1) is 0 Å². The zero-order chi connectivity index (χ0) is 26.8. The summed E-state index contributed by atoms with van der Waals surface area (Å²) in [5.74, 6) is 0.920. The molecule has 0 saturated heterocycles. The van der Waals surface area contributed by atoms with E-state index in [4.69, 9.17) is 9.47 Å². The quantitative estimate of drug-likeness (QED) is 0.0691. The zero-order valence-corrected chi connectivity index (χ0v) is 22.2. The van der Waals surface area contributed by atoms with Crippen LogP contribution < -0.4 is 9.47 Å². The highest BCUT2D eigenvalue weighted by molar-refractivity contribution is 5.91. The molecule has 0 amide bonds. The Morgan fingerprint density at radius 2 is 1.34 bits per heavy atom. The smallest absolute Gasteiger partial charge is 0.343 e. The van der Waals surface area contributed by atoms with Crippen molar-refractivity contribution in [3.8, 4) is 17.2 Å². The fraction of sp³-hybridized carbons (Fsp3) is 0.344. The number of unbranched alkanes of at least 4 members (excludes halogenated alkanes) is 8. The maximum atomic E-state index is 12.5. The highest BCUT2D eigenvalue weighted by Crippen LogP contribution is 2.18. The standard InChI is InChI=1S/C32H38N2O4/c1-2-3-4-5-6-7-8-9-12-23-37-29-21-17-27(18-22-29)32(36)38-30-19-15-26(16-20-30)24-33-34-25-28-13-10-11-14-31(28)35/h10-11,13-22,24-25,35H,2-9,12,23H2,1H3/b33-24+,34-25+. The van der Waals surface area contributed by atoms with Gasteiger partial charge in [-0.1, -0.05) is 70.4 Å². The minimum Gasteiger partial charge on any atom is -0.507 e. The first-order chi connectivity index (χ1) is 18.7. The summed E-state index contributed by atoms with van der Waals surface area (Å²) in [6, 6.07) is 20.9. The van der Waals surface area contributed by atoms with Crippen LogP contribution in [0, 0.1) is 0 Å². The van der Waals surface area contributed by atoms with E-state index >= 15 is 0 Å². The van der Waals surface area contributed by atoms with Gasteiger partial charge in [-0.25, -0.2) is 4.79 Å². The third kappa shape index (κ3) is 10.6. The molecular formula is C32H38N2O4. The second kappa shape index (κ2) is 16.7. The number of nitrogens with zero attached hydrogens (tertiary/aromatic N) is 2. The molecule has 0 bridgehead atoms. The van der Waals surface area contributed by atoms with Crippen LogP contribution >= 0.6 is 0 Å². The predicted molar refractivity (Wildman–Crippen MR) is 154 cm³/mol. The molecule has 0 atom stereocenters. The second-order valence-electron chi connectivity index (χ2n) is 9.21. The molecule has 0 aliphatic carbocycles. The van der Waals surface area contributed by atoms with Crippen LogP contribution in [0.1, 0.15) is 86.2 Å². The van der Waals surface area contributed by atoms with Crippen LogP contribution in [0.3, 0.4) is 0 Å². The molecule has 200 valence electrons. The van der Waals surface area contributed by atoms with E-state index in [1.165, 1.54) is 57.6 Å². The number of carbonyl (C=O) groups is 1. The van der Waals surface area contributed by atoms with Gasteiger partial charge in [0.1, 0.15) is 17.2 Å². The third-order valence-corrected chi connectivity index (χ3v) is 6.10. The lowest BCUT2D eigenvalue weighted by Gasteiger charge is -2.08. The van der Waals surface area contributed by atoms with E-state index in [1.54, 1.807) is 72.9 Å². The van der Waals surface area contributed by atoms with Gasteiger partial charge in [0, 0.05) is 5.56 Å². The molecule has 0 heterocycles.